The zero-order valence-corrected chi connectivity index (χ0v) is 14.4. The van der Waals surface area contributed by atoms with Gasteiger partial charge in [-0.1, -0.05) is 6.07 Å². The number of nitrogens with one attached hydrogen (secondary N) is 1. The van der Waals surface area contributed by atoms with Gasteiger partial charge in [-0.25, -0.2) is 4.98 Å². The van der Waals surface area contributed by atoms with Gasteiger partial charge in [0.15, 0.2) is 5.13 Å². The van der Waals surface area contributed by atoms with E-state index in [2.05, 4.69) is 10.3 Å². The Balaban J connectivity index is 0.00000264. The summed E-state index contributed by atoms with van der Waals surface area (Å²) in [5.74, 6) is -0.612. The number of aromatic nitrogens is 1. The van der Waals surface area contributed by atoms with Gasteiger partial charge in [-0.2, -0.15) is 0 Å². The Morgan fingerprint density at radius 1 is 1.39 bits per heavy atom. The van der Waals surface area contributed by atoms with Crippen molar-refractivity contribution < 1.29 is 14.3 Å². The van der Waals surface area contributed by atoms with E-state index in [1.54, 1.807) is 30.5 Å². The lowest BCUT2D eigenvalue weighted by Crippen LogP contribution is -2.14. The zero-order valence-electron chi connectivity index (χ0n) is 12.8. The third-order valence-electron chi connectivity index (χ3n) is 2.91. The maximum absolute atomic E-state index is 12.2. The molecule has 2 rings (SSSR count). The molecule has 0 aliphatic heterocycles. The highest BCUT2D eigenvalue weighted by atomic mass is 35.5. The summed E-state index contributed by atoms with van der Waals surface area (Å²) in [4.78, 5) is 27.8. The van der Waals surface area contributed by atoms with Gasteiger partial charge < -0.3 is 10.5 Å². The van der Waals surface area contributed by atoms with E-state index >= 15 is 0 Å². The number of esters is 1. The summed E-state index contributed by atoms with van der Waals surface area (Å²) < 4.78 is 4.86. The lowest BCUT2D eigenvalue weighted by atomic mass is 10.1. The minimum absolute atomic E-state index is 0. The molecular formula is C15H18ClN3O3S. The molecule has 0 unspecified atom stereocenters. The van der Waals surface area contributed by atoms with Crippen molar-refractivity contribution in [3.63, 3.8) is 0 Å². The van der Waals surface area contributed by atoms with Crippen LogP contribution in [-0.4, -0.2) is 23.5 Å². The van der Waals surface area contributed by atoms with Crippen LogP contribution in [-0.2, 0) is 16.0 Å². The molecular weight excluding hydrogens is 338 g/mol. The molecule has 23 heavy (non-hydrogen) atoms. The second-order valence-corrected chi connectivity index (χ2v) is 5.51. The lowest BCUT2D eigenvalue weighted by Gasteiger charge is -2.06. The van der Waals surface area contributed by atoms with Gasteiger partial charge >= 0.3 is 5.97 Å². The Bertz CT molecular complexity index is 703. The first-order valence-electron chi connectivity index (χ1n) is 6.77. The van der Waals surface area contributed by atoms with Gasteiger partial charge in [0.25, 0.3) is 5.91 Å². The van der Waals surface area contributed by atoms with E-state index in [4.69, 9.17) is 10.5 Å². The van der Waals surface area contributed by atoms with Crippen LogP contribution in [0.5, 0.6) is 0 Å². The molecule has 0 bridgehead atoms. The third-order valence-corrected chi connectivity index (χ3v) is 3.72. The van der Waals surface area contributed by atoms with Crippen molar-refractivity contribution >= 4 is 46.4 Å². The van der Waals surface area contributed by atoms with E-state index in [1.807, 2.05) is 6.92 Å². The third kappa shape index (κ3) is 5.22. The number of nitrogens with zero attached hydrogens (tertiary/aromatic N) is 1. The van der Waals surface area contributed by atoms with E-state index in [0.717, 1.165) is 5.56 Å². The summed E-state index contributed by atoms with van der Waals surface area (Å²) >= 11 is 1.26. The van der Waals surface area contributed by atoms with Crippen LogP contribution < -0.4 is 11.1 Å². The number of nitrogen functional groups attached to an aromatic ring is 1. The number of amides is 1. The van der Waals surface area contributed by atoms with Crippen LogP contribution in [0.4, 0.5) is 10.8 Å². The van der Waals surface area contributed by atoms with Crippen molar-refractivity contribution in [1.29, 1.82) is 0 Å². The number of hydrogen-bond donors (Lipinski definition) is 2. The molecule has 0 fully saturated rings. The van der Waals surface area contributed by atoms with Crippen LogP contribution in [0.3, 0.4) is 0 Å². The minimum Gasteiger partial charge on any atom is -0.466 e. The van der Waals surface area contributed by atoms with Crippen LogP contribution in [0.2, 0.25) is 0 Å². The average molecular weight is 356 g/mol. The van der Waals surface area contributed by atoms with Gasteiger partial charge in [-0.3, -0.25) is 14.9 Å². The number of carbonyl (C=O) groups excluding carboxylic acids is 2. The Morgan fingerprint density at radius 2 is 2.13 bits per heavy atom. The Kier molecular flexibility index (Phi) is 6.99. The number of hydrogen-bond acceptors (Lipinski definition) is 6. The van der Waals surface area contributed by atoms with E-state index in [1.165, 1.54) is 11.3 Å². The maximum atomic E-state index is 12.2. The minimum atomic E-state index is -0.336. The van der Waals surface area contributed by atoms with Gasteiger partial charge in [0.2, 0.25) is 0 Å². The summed E-state index contributed by atoms with van der Waals surface area (Å²) in [6.07, 6.45) is 0.0948. The molecule has 0 aliphatic rings. The molecule has 124 valence electrons. The predicted octanol–water partition coefficient (Wildman–Crippen LogP) is 2.81. The summed E-state index contributed by atoms with van der Waals surface area (Å²) in [6, 6.07) is 5.16. The van der Waals surface area contributed by atoms with E-state index < -0.39 is 0 Å². The molecule has 0 saturated carbocycles. The molecule has 0 spiro atoms. The largest absolute Gasteiger partial charge is 0.466 e. The fourth-order valence-electron chi connectivity index (χ4n) is 1.85. The Morgan fingerprint density at radius 3 is 2.83 bits per heavy atom. The molecule has 1 heterocycles. The number of anilines is 2. The molecule has 0 radical (unpaired) electrons. The van der Waals surface area contributed by atoms with Crippen LogP contribution in [0, 0.1) is 6.92 Å². The molecule has 3 N–H and O–H groups in total. The first-order valence-corrected chi connectivity index (χ1v) is 7.65. The number of thiazole rings is 1. The number of nitrogens with two attached hydrogens (primary N) is 1. The van der Waals surface area contributed by atoms with E-state index in [-0.39, 0.29) is 30.7 Å². The van der Waals surface area contributed by atoms with Gasteiger partial charge in [0.05, 0.1) is 18.7 Å². The fraction of sp³-hybridized carbons (Fsp3) is 0.267. The monoisotopic (exact) mass is 355 g/mol. The highest BCUT2D eigenvalue weighted by Crippen LogP contribution is 2.19. The Labute approximate surface area is 144 Å². The van der Waals surface area contributed by atoms with Crippen molar-refractivity contribution in [3.05, 3.63) is 40.4 Å². The number of aryl methyl sites for hydroxylation is 1. The van der Waals surface area contributed by atoms with Crippen molar-refractivity contribution in [2.24, 2.45) is 0 Å². The summed E-state index contributed by atoms with van der Waals surface area (Å²) in [6.45, 7) is 3.92. The van der Waals surface area contributed by atoms with E-state index in [9.17, 15) is 9.59 Å². The molecule has 1 amide bonds. The van der Waals surface area contributed by atoms with Gasteiger partial charge in [0, 0.05) is 16.6 Å². The number of ether oxygens (including phenoxy) is 1. The van der Waals surface area contributed by atoms with E-state index in [0.29, 0.717) is 28.7 Å². The van der Waals surface area contributed by atoms with Crippen molar-refractivity contribution in [2.75, 3.05) is 17.7 Å². The van der Waals surface area contributed by atoms with Gasteiger partial charge in [-0.15, -0.1) is 23.7 Å². The summed E-state index contributed by atoms with van der Waals surface area (Å²) in [7, 11) is 0. The normalized spacial score (nSPS) is 9.83. The molecule has 2 aromatic rings. The molecule has 8 heteroatoms. The predicted molar refractivity (Wildman–Crippen MR) is 93.2 cm³/mol. The first-order chi connectivity index (χ1) is 10.5. The Hall–Kier alpha value is -2.12. The zero-order chi connectivity index (χ0) is 16.1. The second kappa shape index (κ2) is 8.50. The summed E-state index contributed by atoms with van der Waals surface area (Å²) in [5, 5.41) is 4.87. The highest BCUT2D eigenvalue weighted by Gasteiger charge is 2.13. The summed E-state index contributed by atoms with van der Waals surface area (Å²) in [5.41, 5.74) is 8.13. The van der Waals surface area contributed by atoms with Crippen molar-refractivity contribution in [1.82, 2.24) is 4.98 Å². The van der Waals surface area contributed by atoms with Crippen molar-refractivity contribution in [3.8, 4) is 0 Å². The van der Waals surface area contributed by atoms with Crippen LogP contribution in [0.25, 0.3) is 0 Å². The lowest BCUT2D eigenvalue weighted by molar-refractivity contribution is -0.142. The highest BCUT2D eigenvalue weighted by molar-refractivity contribution is 7.14. The van der Waals surface area contributed by atoms with Crippen LogP contribution >= 0.6 is 23.7 Å². The molecule has 0 atom stereocenters. The molecule has 0 saturated heterocycles. The van der Waals surface area contributed by atoms with Gasteiger partial charge in [0.1, 0.15) is 0 Å². The van der Waals surface area contributed by atoms with Gasteiger partial charge in [-0.05, 0) is 31.5 Å². The number of carbonyl (C=O) groups is 2. The standard InChI is InChI=1S/C15H17N3O3S.ClH/c1-3-21-13(19)7-11-8-22-15(17-11)18-14(20)12-6-10(16)5-4-9(12)2;/h4-6,8H,3,7,16H2,1-2H3,(H,17,18,20);1H. The molecule has 1 aromatic carbocycles. The molecule has 0 aliphatic carbocycles. The van der Waals surface area contributed by atoms with Crippen molar-refractivity contribution in [2.45, 2.75) is 20.3 Å². The second-order valence-electron chi connectivity index (χ2n) is 4.65. The molecule has 1 aromatic heterocycles. The average Bonchev–Trinajstić information content (AvgIpc) is 2.88. The first kappa shape index (κ1) is 18.9. The smallest absolute Gasteiger partial charge is 0.311 e. The number of rotatable bonds is 5. The number of benzene rings is 1. The topological polar surface area (TPSA) is 94.3 Å². The quantitative estimate of drug-likeness (QED) is 0.635. The van der Waals surface area contributed by atoms with Crippen LogP contribution in [0.1, 0.15) is 28.5 Å². The fourth-order valence-corrected chi connectivity index (χ4v) is 2.56. The SMILES string of the molecule is CCOC(=O)Cc1csc(NC(=O)c2cc(N)ccc2C)n1.Cl. The molecule has 6 nitrogen and oxygen atoms in total. The number of halogens is 1. The maximum Gasteiger partial charge on any atom is 0.311 e. The van der Waals surface area contributed by atoms with Crippen LogP contribution in [0.15, 0.2) is 23.6 Å².